The van der Waals surface area contributed by atoms with E-state index in [9.17, 15) is 9.59 Å². The number of aromatic carboxylic acids is 1. The first-order valence-corrected chi connectivity index (χ1v) is 11.5. The lowest BCUT2D eigenvalue weighted by Crippen LogP contribution is -2.27. The fourth-order valence-corrected chi connectivity index (χ4v) is 3.37. The van der Waals surface area contributed by atoms with Gasteiger partial charge in [-0.15, -0.1) is 5.10 Å². The molecule has 15 heteroatoms. The van der Waals surface area contributed by atoms with Gasteiger partial charge in [-0.25, -0.2) is 19.3 Å². The molecule has 34 heavy (non-hydrogen) atoms. The van der Waals surface area contributed by atoms with Gasteiger partial charge in [0.1, 0.15) is 0 Å². The molecule has 1 heterocycles. The molecule has 2 amide bonds. The maximum atomic E-state index is 11.2. The van der Waals surface area contributed by atoms with Gasteiger partial charge in [0.25, 0.3) is 5.82 Å². The first-order chi connectivity index (χ1) is 15.7. The van der Waals surface area contributed by atoms with Gasteiger partial charge in [0.05, 0.1) is 20.8 Å². The molecule has 182 valence electrons. The van der Waals surface area contributed by atoms with Crippen LogP contribution < -0.4 is 5.32 Å². The van der Waals surface area contributed by atoms with Crippen molar-refractivity contribution < 1.29 is 14.7 Å². The maximum Gasteiger partial charge on any atom is 0.375 e. The largest absolute Gasteiger partial charge is 0.475 e. The van der Waals surface area contributed by atoms with Crippen molar-refractivity contribution in [3.63, 3.8) is 0 Å². The Hall–Kier alpha value is -1.65. The number of urea groups is 1. The van der Waals surface area contributed by atoms with Crippen molar-refractivity contribution in [2.75, 3.05) is 19.4 Å². The molecule has 3 aromatic rings. The minimum absolute atomic E-state index is 0.191. The summed E-state index contributed by atoms with van der Waals surface area (Å²) in [6.07, 6.45) is 0. The summed E-state index contributed by atoms with van der Waals surface area (Å²) in [5.74, 6) is -2.06. The minimum Gasteiger partial charge on any atom is -0.475 e. The highest BCUT2D eigenvalue weighted by Gasteiger charge is 2.33. The Labute approximate surface area is 229 Å². The molecule has 1 aromatic heterocycles. The summed E-state index contributed by atoms with van der Waals surface area (Å²) in [7, 11) is 3.32. The van der Waals surface area contributed by atoms with Crippen LogP contribution in [0.4, 0.5) is 10.5 Å². The van der Waals surface area contributed by atoms with E-state index in [0.29, 0.717) is 20.8 Å². The van der Waals surface area contributed by atoms with E-state index in [1.165, 1.54) is 23.1 Å². The van der Waals surface area contributed by atoms with Gasteiger partial charge in [-0.3, -0.25) is 0 Å². The molecule has 0 aliphatic carbocycles. The van der Waals surface area contributed by atoms with E-state index >= 15 is 0 Å². The molecule has 0 fully saturated rings. The monoisotopic (exact) mass is 605 g/mol. The van der Waals surface area contributed by atoms with Crippen molar-refractivity contribution >= 4 is 98.9 Å². The average molecular weight is 609 g/mol. The van der Waals surface area contributed by atoms with Crippen molar-refractivity contribution in [3.05, 3.63) is 68.1 Å². The number of halogens is 7. The second-order valence-electron chi connectivity index (χ2n) is 6.52. The summed E-state index contributed by atoms with van der Waals surface area (Å²) in [5, 5.41) is 16.8. The number of nitrogens with one attached hydrogen (secondary N) is 1. The van der Waals surface area contributed by atoms with Gasteiger partial charge < -0.3 is 15.3 Å². The third-order valence-electron chi connectivity index (χ3n) is 3.77. The second kappa shape index (κ2) is 11.9. The predicted molar refractivity (Wildman–Crippen MR) is 137 cm³/mol. The molecule has 0 bridgehead atoms. The number of rotatable bonds is 3. The van der Waals surface area contributed by atoms with E-state index in [0.717, 1.165) is 4.68 Å². The Balaban J connectivity index is 0.000000257. The van der Waals surface area contributed by atoms with Gasteiger partial charge in [0, 0.05) is 24.8 Å². The Morgan fingerprint density at radius 3 is 2.12 bits per heavy atom. The van der Waals surface area contributed by atoms with Gasteiger partial charge in [0.15, 0.2) is 5.82 Å². The highest BCUT2D eigenvalue weighted by atomic mass is 35.6. The third-order valence-corrected chi connectivity index (χ3v) is 5.55. The van der Waals surface area contributed by atoms with Crippen molar-refractivity contribution in [2.24, 2.45) is 0 Å². The Morgan fingerprint density at radius 2 is 1.62 bits per heavy atom. The Bertz CT molecular complexity index is 1210. The zero-order valence-corrected chi connectivity index (χ0v) is 22.5. The third kappa shape index (κ3) is 7.68. The van der Waals surface area contributed by atoms with Crippen molar-refractivity contribution in [3.8, 4) is 5.69 Å². The molecule has 8 nitrogen and oxygen atoms in total. The average Bonchev–Trinajstić information content (AvgIpc) is 3.17. The predicted octanol–water partition coefficient (Wildman–Crippen LogP) is 7.19. The van der Waals surface area contributed by atoms with E-state index in [4.69, 9.17) is 86.3 Å². The Morgan fingerprint density at radius 1 is 0.971 bits per heavy atom. The number of carboxylic acid groups (broad SMARTS) is 1. The summed E-state index contributed by atoms with van der Waals surface area (Å²) in [5.41, 5.74) is 0.912. The fourth-order valence-electron chi connectivity index (χ4n) is 2.22. The highest BCUT2D eigenvalue weighted by Crippen LogP contribution is 2.39. The number of anilines is 1. The molecule has 3 rings (SSSR count). The molecule has 0 aliphatic heterocycles. The molecule has 0 atom stereocenters. The van der Waals surface area contributed by atoms with E-state index in [1.54, 1.807) is 32.3 Å². The molecular weight excluding hydrogens is 594 g/mol. The summed E-state index contributed by atoms with van der Waals surface area (Å²) >= 11 is 40.6. The normalized spacial score (nSPS) is 10.9. The van der Waals surface area contributed by atoms with Gasteiger partial charge >= 0.3 is 12.0 Å². The zero-order chi connectivity index (χ0) is 25.8. The molecule has 2 N–H and O–H groups in total. The number of hydrogen-bond donors (Lipinski definition) is 2. The summed E-state index contributed by atoms with van der Waals surface area (Å²) in [6, 6.07) is 9.21. The van der Waals surface area contributed by atoms with E-state index in [2.05, 4.69) is 15.4 Å². The van der Waals surface area contributed by atoms with Crippen LogP contribution in [0.2, 0.25) is 20.1 Å². The van der Waals surface area contributed by atoms with Gasteiger partial charge in [-0.2, -0.15) is 0 Å². The lowest BCUT2D eigenvalue weighted by molar-refractivity contribution is 0.0683. The smallest absolute Gasteiger partial charge is 0.375 e. The van der Waals surface area contributed by atoms with Gasteiger partial charge in [-0.05, 0) is 36.4 Å². The van der Waals surface area contributed by atoms with Crippen LogP contribution in [-0.2, 0) is 3.79 Å². The van der Waals surface area contributed by atoms with Crippen LogP contribution in [0.1, 0.15) is 16.4 Å². The fraction of sp³-hybridized carbons (Fsp3) is 0.158. The standard InChI is InChI=1S/C10H4Cl5N3O2.C9H10Cl2N2O/c11-4-1-2-6(5(12)3-4)18-9(10(13,14)15)16-7(17-18)8(19)20;1-13(2)9(14)12-6-3-4-7(10)8(11)5-6/h1-3H,(H,19,20);3-5H,1-2H3,(H,12,14). The van der Waals surface area contributed by atoms with Crippen LogP contribution in [0.5, 0.6) is 0 Å². The molecule has 0 unspecified atom stereocenters. The second-order valence-corrected chi connectivity index (χ2v) is 10.5. The van der Waals surface area contributed by atoms with Gasteiger partial charge in [0.2, 0.25) is 3.79 Å². The first-order valence-electron chi connectivity index (χ1n) is 8.87. The van der Waals surface area contributed by atoms with E-state index < -0.39 is 15.6 Å². The topological polar surface area (TPSA) is 100 Å². The van der Waals surface area contributed by atoms with Crippen LogP contribution in [0, 0.1) is 0 Å². The number of carbonyl (C=O) groups excluding carboxylic acids is 1. The molecule has 0 aliphatic rings. The Kier molecular flexibility index (Phi) is 9.97. The number of carbonyl (C=O) groups is 2. The molecule has 0 spiro atoms. The van der Waals surface area contributed by atoms with Crippen LogP contribution in [0.25, 0.3) is 5.69 Å². The quantitative estimate of drug-likeness (QED) is 0.307. The van der Waals surface area contributed by atoms with Crippen LogP contribution in [-0.4, -0.2) is 50.9 Å². The molecule has 0 saturated carbocycles. The van der Waals surface area contributed by atoms with Crippen LogP contribution in [0.15, 0.2) is 36.4 Å². The van der Waals surface area contributed by atoms with Crippen LogP contribution in [0.3, 0.4) is 0 Å². The summed E-state index contributed by atoms with van der Waals surface area (Å²) in [4.78, 5) is 27.3. The van der Waals surface area contributed by atoms with Gasteiger partial charge in [-0.1, -0.05) is 81.2 Å². The number of carboxylic acids is 1. The number of benzene rings is 2. The first kappa shape index (κ1) is 28.6. The molecule has 2 aromatic carbocycles. The molecule has 0 saturated heterocycles. The number of alkyl halides is 3. The van der Waals surface area contributed by atoms with Crippen molar-refractivity contribution in [1.29, 1.82) is 0 Å². The van der Waals surface area contributed by atoms with Crippen molar-refractivity contribution in [2.45, 2.75) is 3.79 Å². The maximum absolute atomic E-state index is 11.2. The van der Waals surface area contributed by atoms with Crippen LogP contribution >= 0.6 is 81.2 Å². The summed E-state index contributed by atoms with van der Waals surface area (Å²) < 4.78 is -0.918. The number of hydrogen-bond acceptors (Lipinski definition) is 4. The number of aromatic nitrogens is 3. The molecular formula is C19H14Cl7N5O3. The minimum atomic E-state index is -1.97. The zero-order valence-electron chi connectivity index (χ0n) is 17.2. The van der Waals surface area contributed by atoms with Crippen molar-refractivity contribution in [1.82, 2.24) is 19.7 Å². The summed E-state index contributed by atoms with van der Waals surface area (Å²) in [6.45, 7) is 0. The van der Waals surface area contributed by atoms with E-state index in [-0.39, 0.29) is 22.6 Å². The SMILES string of the molecule is CN(C)C(=O)Nc1ccc(Cl)c(Cl)c1.O=C(O)c1nc(C(Cl)(Cl)Cl)n(-c2ccc(Cl)cc2Cl)n1. The number of amides is 2. The molecule has 0 radical (unpaired) electrons. The number of nitrogens with zero attached hydrogens (tertiary/aromatic N) is 4. The lowest BCUT2D eigenvalue weighted by atomic mass is 10.3. The lowest BCUT2D eigenvalue weighted by Gasteiger charge is -2.12. The highest BCUT2D eigenvalue weighted by molar-refractivity contribution is 6.66. The van der Waals surface area contributed by atoms with E-state index in [1.807, 2.05) is 0 Å².